The highest BCUT2D eigenvalue weighted by atomic mass is 19.1. The van der Waals surface area contributed by atoms with Gasteiger partial charge in [0.25, 0.3) is 0 Å². The highest BCUT2D eigenvalue weighted by molar-refractivity contribution is 4.74. The Labute approximate surface area is 75.5 Å². The summed E-state index contributed by atoms with van der Waals surface area (Å²) in [6.45, 7) is 2.13. The van der Waals surface area contributed by atoms with Gasteiger partial charge in [-0.1, -0.05) is 39.0 Å². The Bertz CT molecular complexity index is 106. The quantitative estimate of drug-likeness (QED) is 0.589. The molecule has 1 saturated carbocycles. The number of halogens is 1. The summed E-state index contributed by atoms with van der Waals surface area (Å²) in [5, 5.41) is 0. The number of hydrogen-bond acceptors (Lipinski definition) is 0. The summed E-state index contributed by atoms with van der Waals surface area (Å²) in [6.07, 6.45) is 8.81. The molecule has 1 atom stereocenters. The van der Waals surface area contributed by atoms with Gasteiger partial charge in [0.2, 0.25) is 0 Å². The van der Waals surface area contributed by atoms with Crippen LogP contribution in [-0.4, -0.2) is 6.67 Å². The van der Waals surface area contributed by atoms with E-state index in [4.69, 9.17) is 0 Å². The normalized spacial score (nSPS) is 21.5. The zero-order valence-corrected chi connectivity index (χ0v) is 8.19. The third kappa shape index (κ3) is 2.76. The van der Waals surface area contributed by atoms with Gasteiger partial charge >= 0.3 is 0 Å². The molecule has 1 aliphatic carbocycles. The van der Waals surface area contributed by atoms with Crippen molar-refractivity contribution in [2.45, 2.75) is 51.9 Å². The molecule has 1 aliphatic rings. The second-order valence-electron chi connectivity index (χ2n) is 4.04. The van der Waals surface area contributed by atoms with Gasteiger partial charge < -0.3 is 0 Å². The third-order valence-corrected chi connectivity index (χ3v) is 3.30. The molecule has 0 aromatic carbocycles. The molecule has 0 nitrogen and oxygen atoms in total. The van der Waals surface area contributed by atoms with E-state index in [1.807, 2.05) is 0 Å². The molecule has 1 unspecified atom stereocenters. The summed E-state index contributed by atoms with van der Waals surface area (Å²) >= 11 is 0. The van der Waals surface area contributed by atoms with E-state index >= 15 is 0 Å². The SMILES string of the molecule is CCC(CCCF)C1CCCC1. The molecular weight excluding hydrogens is 151 g/mol. The van der Waals surface area contributed by atoms with Crippen molar-refractivity contribution in [2.24, 2.45) is 11.8 Å². The van der Waals surface area contributed by atoms with Crippen LogP contribution < -0.4 is 0 Å². The van der Waals surface area contributed by atoms with E-state index < -0.39 is 0 Å². The summed E-state index contributed by atoms with van der Waals surface area (Å²) in [4.78, 5) is 0. The number of hydrogen-bond donors (Lipinski definition) is 0. The van der Waals surface area contributed by atoms with E-state index in [1.165, 1.54) is 32.1 Å². The van der Waals surface area contributed by atoms with Crippen molar-refractivity contribution in [3.05, 3.63) is 0 Å². The van der Waals surface area contributed by atoms with Crippen LogP contribution >= 0.6 is 0 Å². The van der Waals surface area contributed by atoms with Crippen LogP contribution in [0.4, 0.5) is 4.39 Å². The molecule has 0 aromatic heterocycles. The second kappa shape index (κ2) is 5.55. The van der Waals surface area contributed by atoms with Crippen LogP contribution in [0.2, 0.25) is 0 Å². The molecule has 0 aromatic rings. The number of alkyl halides is 1. The fourth-order valence-corrected chi connectivity index (χ4v) is 2.54. The van der Waals surface area contributed by atoms with E-state index in [-0.39, 0.29) is 6.67 Å². The molecule has 72 valence electrons. The topological polar surface area (TPSA) is 0 Å². The lowest BCUT2D eigenvalue weighted by atomic mass is 9.85. The average molecular weight is 172 g/mol. The standard InChI is InChI=1S/C11H21F/c1-2-10(8-5-9-12)11-6-3-4-7-11/h10-11H,2-9H2,1H3. The zero-order valence-electron chi connectivity index (χ0n) is 8.19. The van der Waals surface area contributed by atoms with Gasteiger partial charge in [-0.15, -0.1) is 0 Å². The Morgan fingerprint density at radius 3 is 2.50 bits per heavy atom. The molecule has 0 aliphatic heterocycles. The molecule has 1 heteroatoms. The van der Waals surface area contributed by atoms with Crippen molar-refractivity contribution in [1.82, 2.24) is 0 Å². The Hall–Kier alpha value is -0.0700. The molecule has 0 bridgehead atoms. The number of rotatable bonds is 5. The summed E-state index contributed by atoms with van der Waals surface area (Å²) < 4.78 is 12.0. The van der Waals surface area contributed by atoms with Crippen LogP contribution in [0.1, 0.15) is 51.9 Å². The van der Waals surface area contributed by atoms with Crippen molar-refractivity contribution in [1.29, 1.82) is 0 Å². The van der Waals surface area contributed by atoms with E-state index in [0.29, 0.717) is 0 Å². The van der Waals surface area contributed by atoms with Gasteiger partial charge in [0, 0.05) is 0 Å². The van der Waals surface area contributed by atoms with Crippen molar-refractivity contribution >= 4 is 0 Å². The molecule has 1 fully saturated rings. The van der Waals surface area contributed by atoms with Crippen molar-refractivity contribution in [3.63, 3.8) is 0 Å². The Balaban J connectivity index is 2.22. The maximum Gasteiger partial charge on any atom is 0.0894 e. The fraction of sp³-hybridized carbons (Fsp3) is 1.00. The van der Waals surface area contributed by atoms with Gasteiger partial charge in [0.1, 0.15) is 0 Å². The maximum atomic E-state index is 12.0. The maximum absolute atomic E-state index is 12.0. The smallest absolute Gasteiger partial charge is 0.0894 e. The van der Waals surface area contributed by atoms with Crippen LogP contribution in [0.15, 0.2) is 0 Å². The van der Waals surface area contributed by atoms with Crippen LogP contribution in [0, 0.1) is 11.8 Å². The van der Waals surface area contributed by atoms with Crippen molar-refractivity contribution < 1.29 is 4.39 Å². The third-order valence-electron chi connectivity index (χ3n) is 3.30. The highest BCUT2D eigenvalue weighted by Gasteiger charge is 2.22. The first-order valence-corrected chi connectivity index (χ1v) is 5.44. The van der Waals surface area contributed by atoms with Crippen molar-refractivity contribution in [2.75, 3.05) is 6.67 Å². The van der Waals surface area contributed by atoms with Crippen LogP contribution in [0.25, 0.3) is 0 Å². The first-order chi connectivity index (χ1) is 5.88. The minimum Gasteiger partial charge on any atom is -0.251 e. The van der Waals surface area contributed by atoms with Gasteiger partial charge in [-0.3, -0.25) is 4.39 Å². The van der Waals surface area contributed by atoms with Crippen LogP contribution in [0.3, 0.4) is 0 Å². The van der Waals surface area contributed by atoms with Crippen LogP contribution in [0.5, 0.6) is 0 Å². The van der Waals surface area contributed by atoms with Gasteiger partial charge in [0.05, 0.1) is 6.67 Å². The first kappa shape index (κ1) is 10.0. The molecule has 1 rings (SSSR count). The van der Waals surface area contributed by atoms with Gasteiger partial charge in [-0.05, 0) is 24.7 Å². The van der Waals surface area contributed by atoms with E-state index in [9.17, 15) is 4.39 Å². The largest absolute Gasteiger partial charge is 0.251 e. The molecule has 12 heavy (non-hydrogen) atoms. The van der Waals surface area contributed by atoms with Gasteiger partial charge in [-0.2, -0.15) is 0 Å². The predicted octanol–water partition coefficient (Wildman–Crippen LogP) is 3.95. The lowest BCUT2D eigenvalue weighted by Gasteiger charge is -2.21. The summed E-state index contributed by atoms with van der Waals surface area (Å²) in [5.41, 5.74) is 0. The summed E-state index contributed by atoms with van der Waals surface area (Å²) in [6, 6.07) is 0. The Morgan fingerprint density at radius 2 is 2.00 bits per heavy atom. The second-order valence-corrected chi connectivity index (χ2v) is 4.04. The van der Waals surface area contributed by atoms with Crippen LogP contribution in [-0.2, 0) is 0 Å². The Morgan fingerprint density at radius 1 is 1.33 bits per heavy atom. The van der Waals surface area contributed by atoms with E-state index in [1.54, 1.807) is 0 Å². The molecule has 0 amide bonds. The minimum atomic E-state index is -0.122. The summed E-state index contributed by atoms with van der Waals surface area (Å²) in [5.74, 6) is 1.75. The van der Waals surface area contributed by atoms with E-state index in [0.717, 1.165) is 24.7 Å². The molecular formula is C11H21F. The fourth-order valence-electron chi connectivity index (χ4n) is 2.54. The molecule has 0 radical (unpaired) electrons. The van der Waals surface area contributed by atoms with E-state index in [2.05, 4.69) is 6.92 Å². The van der Waals surface area contributed by atoms with Gasteiger partial charge in [-0.25, -0.2) is 0 Å². The molecule has 0 heterocycles. The Kier molecular flexibility index (Phi) is 4.63. The lowest BCUT2D eigenvalue weighted by Crippen LogP contribution is -2.10. The minimum absolute atomic E-state index is 0.122. The lowest BCUT2D eigenvalue weighted by molar-refractivity contribution is 0.289. The van der Waals surface area contributed by atoms with Crippen molar-refractivity contribution in [3.8, 4) is 0 Å². The monoisotopic (exact) mass is 172 g/mol. The highest BCUT2D eigenvalue weighted by Crippen LogP contribution is 2.35. The average Bonchev–Trinajstić information content (AvgIpc) is 2.59. The zero-order chi connectivity index (χ0) is 8.81. The predicted molar refractivity (Wildman–Crippen MR) is 50.9 cm³/mol. The van der Waals surface area contributed by atoms with Gasteiger partial charge in [0.15, 0.2) is 0 Å². The molecule has 0 N–H and O–H groups in total. The molecule has 0 spiro atoms. The first-order valence-electron chi connectivity index (χ1n) is 5.44. The summed E-state index contributed by atoms with van der Waals surface area (Å²) in [7, 11) is 0. The molecule has 0 saturated heterocycles.